The Kier molecular flexibility index (Phi) is 8.97. The number of piperidine rings is 1. The molecule has 1 aliphatic rings. The van der Waals surface area contributed by atoms with Gasteiger partial charge in [0.2, 0.25) is 5.56 Å². The summed E-state index contributed by atoms with van der Waals surface area (Å²) in [4.78, 5) is 19.0. The van der Waals surface area contributed by atoms with Crippen molar-refractivity contribution in [3.05, 3.63) is 70.6 Å². The molecule has 3 rings (SSSR count). The second kappa shape index (κ2) is 12.2. The van der Waals surface area contributed by atoms with E-state index in [0.29, 0.717) is 6.04 Å². The normalized spacial score (nSPS) is 15.8. The number of aryl methyl sites for hydroxylation is 1. The lowest BCUT2D eigenvalue weighted by molar-refractivity contribution is 0.198. The van der Waals surface area contributed by atoms with E-state index < -0.39 is 0 Å². The van der Waals surface area contributed by atoms with Crippen LogP contribution < -0.4 is 16.2 Å². The van der Waals surface area contributed by atoms with Crippen molar-refractivity contribution in [2.24, 2.45) is 4.99 Å². The highest BCUT2D eigenvalue weighted by molar-refractivity contribution is 5.80. The summed E-state index contributed by atoms with van der Waals surface area (Å²) in [6.45, 7) is 7.73. The molecule has 0 radical (unpaired) electrons. The van der Waals surface area contributed by atoms with Gasteiger partial charge in [-0.2, -0.15) is 0 Å². The highest BCUT2D eigenvalue weighted by Crippen LogP contribution is 2.13. The first kappa shape index (κ1) is 22.1. The maximum atomic E-state index is 11.7. The quantitative estimate of drug-likeness (QED) is 0.380. The number of guanidine groups is 1. The van der Waals surface area contributed by atoms with E-state index in [2.05, 4.69) is 52.8 Å². The summed E-state index contributed by atoms with van der Waals surface area (Å²) in [7, 11) is 0. The number of rotatable bonds is 9. The lowest BCUT2D eigenvalue weighted by Gasteiger charge is -2.33. The van der Waals surface area contributed by atoms with E-state index >= 15 is 0 Å². The number of unbranched alkanes of at least 4 members (excludes halogenated alkanes) is 1. The summed E-state index contributed by atoms with van der Waals surface area (Å²) in [5.74, 6) is 0.913. The molecule has 0 unspecified atom stereocenters. The van der Waals surface area contributed by atoms with Crippen LogP contribution in [0.4, 0.5) is 0 Å². The van der Waals surface area contributed by atoms with E-state index in [1.807, 2.05) is 12.3 Å². The number of nitrogens with zero attached hydrogens (tertiary/aromatic N) is 3. The molecule has 6 nitrogen and oxygen atoms in total. The monoisotopic (exact) mass is 409 g/mol. The third-order valence-corrected chi connectivity index (χ3v) is 5.50. The first-order valence-corrected chi connectivity index (χ1v) is 11.2. The molecule has 162 valence electrons. The van der Waals surface area contributed by atoms with E-state index in [9.17, 15) is 4.79 Å². The predicted molar refractivity (Wildman–Crippen MR) is 124 cm³/mol. The first-order chi connectivity index (χ1) is 14.7. The summed E-state index contributed by atoms with van der Waals surface area (Å²) >= 11 is 0. The zero-order chi connectivity index (χ0) is 21.0. The van der Waals surface area contributed by atoms with Crippen molar-refractivity contribution in [1.82, 2.24) is 20.1 Å². The van der Waals surface area contributed by atoms with Crippen molar-refractivity contribution in [2.75, 3.05) is 26.2 Å². The minimum absolute atomic E-state index is 0.0645. The van der Waals surface area contributed by atoms with Crippen LogP contribution >= 0.6 is 0 Å². The lowest BCUT2D eigenvalue weighted by Crippen LogP contribution is -2.48. The zero-order valence-corrected chi connectivity index (χ0v) is 18.1. The van der Waals surface area contributed by atoms with E-state index in [1.165, 1.54) is 5.56 Å². The van der Waals surface area contributed by atoms with E-state index in [4.69, 9.17) is 4.99 Å². The molecule has 0 amide bonds. The third-order valence-electron chi connectivity index (χ3n) is 5.50. The Hall–Kier alpha value is -2.60. The van der Waals surface area contributed by atoms with Gasteiger partial charge < -0.3 is 15.2 Å². The number of likely N-dealkylation sites (tertiary alicyclic amines) is 1. The molecule has 0 bridgehead atoms. The molecule has 1 saturated heterocycles. The standard InChI is InChI=1S/C24H35N5O/c1-2-25-24(26-15-7-9-17-29-16-8-6-12-23(29)30)27-22-13-18-28(19-14-22)20-21-10-4-3-5-11-21/h3-6,8,10-12,16,22H,2,7,9,13-15,17-20H2,1H3,(H2,25,26,27). The van der Waals surface area contributed by atoms with Crippen LogP contribution in [0.25, 0.3) is 0 Å². The first-order valence-electron chi connectivity index (χ1n) is 11.2. The average molecular weight is 410 g/mol. The van der Waals surface area contributed by atoms with Crippen LogP contribution in [0.2, 0.25) is 0 Å². The Bertz CT molecular complexity index is 825. The second-order valence-electron chi connectivity index (χ2n) is 7.88. The van der Waals surface area contributed by atoms with Gasteiger partial charge in [0.1, 0.15) is 0 Å². The fourth-order valence-corrected chi connectivity index (χ4v) is 3.82. The van der Waals surface area contributed by atoms with Crippen molar-refractivity contribution >= 4 is 5.96 Å². The van der Waals surface area contributed by atoms with Crippen LogP contribution in [-0.2, 0) is 13.1 Å². The largest absolute Gasteiger partial charge is 0.357 e. The highest BCUT2D eigenvalue weighted by Gasteiger charge is 2.19. The SMILES string of the molecule is CCNC(=NCCCCn1ccccc1=O)NC1CCN(Cc2ccccc2)CC1. The number of hydrogen-bond acceptors (Lipinski definition) is 3. The predicted octanol–water partition coefficient (Wildman–Crippen LogP) is 2.85. The Balaban J connectivity index is 1.38. The number of pyridine rings is 1. The van der Waals surface area contributed by atoms with Crippen molar-refractivity contribution in [1.29, 1.82) is 0 Å². The van der Waals surface area contributed by atoms with Crippen molar-refractivity contribution in [3.63, 3.8) is 0 Å². The maximum Gasteiger partial charge on any atom is 0.250 e. The van der Waals surface area contributed by atoms with E-state index in [-0.39, 0.29) is 5.56 Å². The van der Waals surface area contributed by atoms with Crippen LogP contribution in [-0.4, -0.2) is 47.6 Å². The summed E-state index contributed by atoms with van der Waals surface area (Å²) in [6.07, 6.45) is 6.03. The van der Waals surface area contributed by atoms with Gasteiger partial charge in [0, 0.05) is 57.6 Å². The fourth-order valence-electron chi connectivity index (χ4n) is 3.82. The molecule has 2 heterocycles. The molecule has 0 saturated carbocycles. The molecule has 30 heavy (non-hydrogen) atoms. The summed E-state index contributed by atoms with van der Waals surface area (Å²) in [6, 6.07) is 16.5. The molecular weight excluding hydrogens is 374 g/mol. The van der Waals surface area contributed by atoms with Gasteiger partial charge >= 0.3 is 0 Å². The fraction of sp³-hybridized carbons (Fsp3) is 0.500. The molecule has 2 aromatic rings. The van der Waals surface area contributed by atoms with Crippen molar-refractivity contribution < 1.29 is 0 Å². The van der Waals surface area contributed by atoms with Gasteiger partial charge in [-0.05, 0) is 44.2 Å². The Morgan fingerprint density at radius 2 is 1.83 bits per heavy atom. The summed E-state index contributed by atoms with van der Waals surface area (Å²) < 4.78 is 1.76. The molecule has 1 fully saturated rings. The molecular formula is C24H35N5O. The van der Waals surface area contributed by atoms with E-state index in [0.717, 1.165) is 70.9 Å². The van der Waals surface area contributed by atoms with E-state index in [1.54, 1.807) is 16.7 Å². The number of hydrogen-bond donors (Lipinski definition) is 2. The van der Waals surface area contributed by atoms with Gasteiger partial charge in [0.25, 0.3) is 0 Å². The van der Waals surface area contributed by atoms with Gasteiger partial charge in [-0.3, -0.25) is 14.7 Å². The average Bonchev–Trinajstić information content (AvgIpc) is 2.77. The van der Waals surface area contributed by atoms with Crippen molar-refractivity contribution in [3.8, 4) is 0 Å². The molecule has 1 aromatic carbocycles. The van der Waals surface area contributed by atoms with Gasteiger partial charge in [-0.1, -0.05) is 36.4 Å². The van der Waals surface area contributed by atoms with Crippen molar-refractivity contribution in [2.45, 2.75) is 51.7 Å². The minimum atomic E-state index is 0.0645. The molecule has 6 heteroatoms. The van der Waals surface area contributed by atoms with Crippen LogP contribution in [0.3, 0.4) is 0 Å². The number of nitrogens with one attached hydrogen (secondary N) is 2. The Morgan fingerprint density at radius 3 is 2.57 bits per heavy atom. The molecule has 0 spiro atoms. The molecule has 1 aliphatic heterocycles. The second-order valence-corrected chi connectivity index (χ2v) is 7.88. The summed E-state index contributed by atoms with van der Waals surface area (Å²) in [5, 5.41) is 6.98. The third kappa shape index (κ3) is 7.34. The Morgan fingerprint density at radius 1 is 1.07 bits per heavy atom. The smallest absolute Gasteiger partial charge is 0.250 e. The van der Waals surface area contributed by atoms with Gasteiger partial charge in [0.15, 0.2) is 5.96 Å². The van der Waals surface area contributed by atoms with Crippen LogP contribution in [0.5, 0.6) is 0 Å². The summed E-state index contributed by atoms with van der Waals surface area (Å²) in [5.41, 5.74) is 1.45. The van der Waals surface area contributed by atoms with Crippen LogP contribution in [0, 0.1) is 0 Å². The maximum absolute atomic E-state index is 11.7. The number of aromatic nitrogens is 1. The molecule has 0 aliphatic carbocycles. The number of benzene rings is 1. The highest BCUT2D eigenvalue weighted by atomic mass is 16.1. The molecule has 0 atom stereocenters. The van der Waals surface area contributed by atoms with Gasteiger partial charge in [-0.25, -0.2) is 0 Å². The van der Waals surface area contributed by atoms with Gasteiger partial charge in [-0.15, -0.1) is 0 Å². The lowest BCUT2D eigenvalue weighted by atomic mass is 10.0. The number of aliphatic imine (C=N–C) groups is 1. The molecule has 2 N–H and O–H groups in total. The zero-order valence-electron chi connectivity index (χ0n) is 18.1. The van der Waals surface area contributed by atoms with Gasteiger partial charge in [0.05, 0.1) is 0 Å². The Labute approximate surface area is 180 Å². The molecule has 1 aromatic heterocycles. The minimum Gasteiger partial charge on any atom is -0.357 e. The van der Waals surface area contributed by atoms with Crippen LogP contribution in [0.15, 0.2) is 64.5 Å². The topological polar surface area (TPSA) is 61.7 Å². The van der Waals surface area contributed by atoms with Crippen LogP contribution in [0.1, 0.15) is 38.2 Å².